The van der Waals surface area contributed by atoms with Crippen LogP contribution in [-0.2, 0) is 16.1 Å². The lowest BCUT2D eigenvalue weighted by atomic mass is 9.73. The Labute approximate surface area is 192 Å². The molecule has 2 aliphatic heterocycles. The predicted molar refractivity (Wildman–Crippen MR) is 121 cm³/mol. The van der Waals surface area contributed by atoms with Crippen LogP contribution in [0.1, 0.15) is 24.8 Å². The van der Waals surface area contributed by atoms with Gasteiger partial charge in [0.15, 0.2) is 5.72 Å². The lowest BCUT2D eigenvalue weighted by Crippen LogP contribution is -2.65. The number of piperidine rings is 1. The molecule has 3 N–H and O–H groups in total. The zero-order chi connectivity index (χ0) is 23.5. The zero-order valence-electron chi connectivity index (χ0n) is 17.7. The third-order valence-corrected chi connectivity index (χ3v) is 6.78. The van der Waals surface area contributed by atoms with Gasteiger partial charge in [-0.25, -0.2) is 0 Å². The number of para-hydroxylation sites is 1. The van der Waals surface area contributed by atoms with E-state index in [1.165, 1.54) is 9.47 Å². The minimum Gasteiger partial charge on any atom is -0.468 e. The number of nitrogens with one attached hydrogen (secondary N) is 1. The van der Waals surface area contributed by atoms with Gasteiger partial charge in [0.1, 0.15) is 11.7 Å². The summed E-state index contributed by atoms with van der Waals surface area (Å²) in [7, 11) is 0. The van der Waals surface area contributed by atoms with E-state index >= 15 is 0 Å². The third-order valence-electron chi connectivity index (χ3n) is 6.54. The molecule has 0 saturated carbocycles. The summed E-state index contributed by atoms with van der Waals surface area (Å²) in [5, 5.41) is 0.409. The predicted octanol–water partition coefficient (Wildman–Crippen LogP) is 1.57. The molecule has 3 aromatic rings. The molecule has 9 nitrogen and oxygen atoms in total. The van der Waals surface area contributed by atoms with Crippen molar-refractivity contribution in [2.24, 2.45) is 11.7 Å². The third kappa shape index (κ3) is 3.31. The van der Waals surface area contributed by atoms with E-state index in [9.17, 15) is 19.2 Å². The first-order chi connectivity index (χ1) is 15.7. The van der Waals surface area contributed by atoms with Crippen LogP contribution in [0.4, 0.5) is 0 Å². The van der Waals surface area contributed by atoms with Crippen molar-refractivity contribution in [3.05, 3.63) is 73.8 Å². The lowest BCUT2D eigenvalue weighted by molar-refractivity contribution is -0.175. The van der Waals surface area contributed by atoms with Crippen molar-refractivity contribution in [2.45, 2.75) is 31.5 Å². The fourth-order valence-electron chi connectivity index (χ4n) is 5.05. The highest BCUT2D eigenvalue weighted by molar-refractivity contribution is 6.31. The minimum atomic E-state index is -1.05. The maximum absolute atomic E-state index is 13.4. The molecule has 10 heteroatoms. The van der Waals surface area contributed by atoms with Gasteiger partial charge in [-0.05, 0) is 36.8 Å². The minimum absolute atomic E-state index is 0.0172. The van der Waals surface area contributed by atoms with Crippen LogP contribution >= 0.6 is 11.6 Å². The van der Waals surface area contributed by atoms with Crippen LogP contribution in [0.15, 0.2) is 52.1 Å². The second-order valence-corrected chi connectivity index (χ2v) is 9.00. The van der Waals surface area contributed by atoms with Crippen LogP contribution in [0.2, 0.25) is 5.02 Å². The molecule has 5 rings (SSSR count). The molecule has 170 valence electrons. The number of benzene rings is 2. The molecule has 0 aliphatic carbocycles. The summed E-state index contributed by atoms with van der Waals surface area (Å²) in [5.74, 6) is -2.02. The topological polar surface area (TPSA) is 127 Å². The van der Waals surface area contributed by atoms with Crippen LogP contribution in [-0.4, -0.2) is 38.5 Å². The van der Waals surface area contributed by atoms with E-state index in [-0.39, 0.29) is 13.1 Å². The fourth-order valence-corrected chi connectivity index (χ4v) is 5.22. The highest BCUT2D eigenvalue weighted by atomic mass is 35.5. The van der Waals surface area contributed by atoms with Crippen LogP contribution in [0.3, 0.4) is 0 Å². The number of aromatic amines is 1. The van der Waals surface area contributed by atoms with Crippen LogP contribution < -0.4 is 21.6 Å². The lowest BCUT2D eigenvalue weighted by Gasteiger charge is -2.52. The Hall–Kier alpha value is -3.59. The number of carbonyl (C=O) groups excluding carboxylic acids is 2. The number of hydrogen-bond donors (Lipinski definition) is 2. The number of H-pyrrole nitrogens is 1. The average molecular weight is 469 g/mol. The number of primary amides is 1. The van der Waals surface area contributed by atoms with Crippen molar-refractivity contribution in [3.8, 4) is 5.75 Å². The first kappa shape index (κ1) is 21.3. The van der Waals surface area contributed by atoms with Crippen LogP contribution in [0.5, 0.6) is 5.75 Å². The van der Waals surface area contributed by atoms with E-state index in [0.29, 0.717) is 28.2 Å². The molecule has 1 saturated heterocycles. The number of aromatic nitrogens is 2. The van der Waals surface area contributed by atoms with E-state index < -0.39 is 40.5 Å². The van der Waals surface area contributed by atoms with Gasteiger partial charge in [0, 0.05) is 30.5 Å². The average Bonchev–Trinajstić information content (AvgIpc) is 2.75. The maximum Gasteiger partial charge on any atom is 0.316 e. The first-order valence-electron chi connectivity index (χ1n) is 10.5. The number of halogens is 1. The zero-order valence-corrected chi connectivity index (χ0v) is 18.5. The van der Waals surface area contributed by atoms with Gasteiger partial charge in [0.2, 0.25) is 11.8 Å². The number of likely N-dealkylation sites (tertiary alicyclic amines) is 1. The normalized spacial score (nSPS) is 23.8. The van der Waals surface area contributed by atoms with E-state index in [0.717, 1.165) is 5.56 Å². The molecule has 2 aliphatic rings. The standard InChI is InChI=1S/C23H21ClN4O5/c1-23-11-14(13-4-2-3-5-17(13)33-23)18(19(25)29)21(31)28(23)9-8-27-16-7-6-12(24)10-15(16)26-20(30)22(27)32/h2-7,10,14,18H,8-9,11H2,1H3,(H2,25,29)(H,26,30)/t14-,18-,23-/m0/s1. The molecule has 2 amide bonds. The number of nitrogens with zero attached hydrogens (tertiary/aromatic N) is 2. The number of carbonyl (C=O) groups is 2. The molecular weight excluding hydrogens is 448 g/mol. The summed E-state index contributed by atoms with van der Waals surface area (Å²) in [6, 6.07) is 12.1. The summed E-state index contributed by atoms with van der Waals surface area (Å²) in [5.41, 5.74) is 4.73. The fraction of sp³-hybridized carbons (Fsp3) is 0.304. The van der Waals surface area contributed by atoms with Crippen molar-refractivity contribution in [2.75, 3.05) is 6.54 Å². The highest BCUT2D eigenvalue weighted by Crippen LogP contribution is 2.49. The molecule has 0 spiro atoms. The number of nitrogens with two attached hydrogens (primary N) is 1. The van der Waals surface area contributed by atoms with Gasteiger partial charge in [0.25, 0.3) is 0 Å². The molecule has 0 unspecified atom stereocenters. The second kappa shape index (κ2) is 7.48. The van der Waals surface area contributed by atoms with Gasteiger partial charge in [0.05, 0.1) is 11.0 Å². The second-order valence-electron chi connectivity index (χ2n) is 8.57. The smallest absolute Gasteiger partial charge is 0.316 e. The summed E-state index contributed by atoms with van der Waals surface area (Å²) in [6.07, 6.45) is 0.379. The van der Waals surface area contributed by atoms with E-state index in [1.54, 1.807) is 31.2 Å². The number of fused-ring (bicyclic) bond motifs is 5. The Bertz CT molecular complexity index is 1430. The Morgan fingerprint density at radius 3 is 2.73 bits per heavy atom. The number of amides is 2. The molecule has 33 heavy (non-hydrogen) atoms. The molecular formula is C23H21ClN4O5. The summed E-state index contributed by atoms with van der Waals surface area (Å²) >= 11 is 6.02. The number of hydrogen-bond acceptors (Lipinski definition) is 5. The van der Waals surface area contributed by atoms with Crippen molar-refractivity contribution in [1.29, 1.82) is 0 Å². The van der Waals surface area contributed by atoms with Crippen LogP contribution in [0, 0.1) is 5.92 Å². The number of rotatable bonds is 4. The molecule has 2 aromatic carbocycles. The molecule has 3 atom stereocenters. The van der Waals surface area contributed by atoms with E-state index in [4.69, 9.17) is 22.1 Å². The van der Waals surface area contributed by atoms with Crippen LogP contribution in [0.25, 0.3) is 11.0 Å². The van der Waals surface area contributed by atoms with E-state index in [1.807, 2.05) is 18.2 Å². The summed E-state index contributed by atoms with van der Waals surface area (Å²) in [6.45, 7) is 1.84. The Kier molecular flexibility index (Phi) is 4.82. The molecule has 1 aromatic heterocycles. The van der Waals surface area contributed by atoms with E-state index in [2.05, 4.69) is 4.98 Å². The Morgan fingerprint density at radius 2 is 1.97 bits per heavy atom. The molecule has 2 bridgehead atoms. The van der Waals surface area contributed by atoms with Gasteiger partial charge >= 0.3 is 11.1 Å². The van der Waals surface area contributed by atoms with Gasteiger partial charge in [-0.15, -0.1) is 0 Å². The van der Waals surface area contributed by atoms with Crippen molar-refractivity contribution in [3.63, 3.8) is 0 Å². The largest absolute Gasteiger partial charge is 0.468 e. The van der Waals surface area contributed by atoms with Gasteiger partial charge < -0.3 is 24.9 Å². The van der Waals surface area contributed by atoms with Crippen molar-refractivity contribution < 1.29 is 14.3 Å². The highest BCUT2D eigenvalue weighted by Gasteiger charge is 2.55. The monoisotopic (exact) mass is 468 g/mol. The summed E-state index contributed by atoms with van der Waals surface area (Å²) in [4.78, 5) is 54.6. The molecule has 0 radical (unpaired) electrons. The van der Waals surface area contributed by atoms with Crippen molar-refractivity contribution >= 4 is 34.4 Å². The van der Waals surface area contributed by atoms with Gasteiger partial charge in [-0.1, -0.05) is 29.8 Å². The van der Waals surface area contributed by atoms with Gasteiger partial charge in [-0.2, -0.15) is 0 Å². The SMILES string of the molecule is C[C@@]12C[C@@H](c3ccccc3O1)[C@@H](C(N)=O)C(=O)N2CCn1c(=O)c(=O)[nH]c2cc(Cl)ccc21. The summed E-state index contributed by atoms with van der Waals surface area (Å²) < 4.78 is 7.52. The first-order valence-corrected chi connectivity index (χ1v) is 10.9. The van der Waals surface area contributed by atoms with Crippen molar-refractivity contribution in [1.82, 2.24) is 14.5 Å². The Morgan fingerprint density at radius 1 is 1.21 bits per heavy atom. The maximum atomic E-state index is 13.4. The van der Waals surface area contributed by atoms with Gasteiger partial charge in [-0.3, -0.25) is 19.2 Å². The Balaban J connectivity index is 1.55. The molecule has 3 heterocycles. The quantitative estimate of drug-likeness (QED) is 0.443. The number of ether oxygens (including phenoxy) is 1. The molecule has 1 fully saturated rings.